The van der Waals surface area contributed by atoms with E-state index in [1.54, 1.807) is 0 Å². The van der Waals surface area contributed by atoms with Crippen molar-refractivity contribution < 1.29 is 0 Å². The van der Waals surface area contributed by atoms with Gasteiger partial charge in [0.2, 0.25) is 0 Å². The highest BCUT2D eigenvalue weighted by atomic mass is 15.1. The molecule has 2 unspecified atom stereocenters. The highest BCUT2D eigenvalue weighted by Gasteiger charge is 2.34. The van der Waals surface area contributed by atoms with Gasteiger partial charge in [-0.2, -0.15) is 0 Å². The third-order valence-corrected chi connectivity index (χ3v) is 4.62. The summed E-state index contributed by atoms with van der Waals surface area (Å²) < 4.78 is 0. The zero-order chi connectivity index (χ0) is 12.5. The van der Waals surface area contributed by atoms with Crippen molar-refractivity contribution in [3.05, 3.63) is 35.4 Å². The van der Waals surface area contributed by atoms with Crippen LogP contribution in [0.25, 0.3) is 0 Å². The summed E-state index contributed by atoms with van der Waals surface area (Å²) in [6, 6.07) is 9.48. The lowest BCUT2D eigenvalue weighted by Crippen LogP contribution is -2.46. The molecule has 2 N–H and O–H groups in total. The Balaban J connectivity index is 1.73. The SMILES string of the molecule is CC(N)Cc1ccc(C2CN3CCC2CC3)cc1. The van der Waals surface area contributed by atoms with Crippen LogP contribution in [-0.2, 0) is 6.42 Å². The van der Waals surface area contributed by atoms with Crippen molar-refractivity contribution in [3.63, 3.8) is 0 Å². The first-order chi connectivity index (χ1) is 8.72. The van der Waals surface area contributed by atoms with Gasteiger partial charge in [-0.15, -0.1) is 0 Å². The summed E-state index contributed by atoms with van der Waals surface area (Å²) in [5, 5.41) is 0. The van der Waals surface area contributed by atoms with Crippen molar-refractivity contribution >= 4 is 0 Å². The van der Waals surface area contributed by atoms with E-state index in [0.717, 1.165) is 18.3 Å². The number of hydrogen-bond acceptors (Lipinski definition) is 2. The molecule has 4 rings (SSSR count). The Bertz CT molecular complexity index is 388. The molecule has 2 atom stereocenters. The topological polar surface area (TPSA) is 29.3 Å². The maximum Gasteiger partial charge on any atom is 0.00530 e. The minimum atomic E-state index is 0.257. The van der Waals surface area contributed by atoms with Gasteiger partial charge in [0.05, 0.1) is 0 Å². The van der Waals surface area contributed by atoms with Crippen LogP contribution in [0.15, 0.2) is 24.3 Å². The van der Waals surface area contributed by atoms with Gasteiger partial charge >= 0.3 is 0 Å². The first-order valence-electron chi connectivity index (χ1n) is 7.29. The summed E-state index contributed by atoms with van der Waals surface area (Å²) in [5.74, 6) is 1.70. The molecule has 0 aliphatic carbocycles. The third-order valence-electron chi connectivity index (χ3n) is 4.62. The molecular formula is C16H24N2. The smallest absolute Gasteiger partial charge is 0.00530 e. The Morgan fingerprint density at radius 3 is 2.39 bits per heavy atom. The number of rotatable bonds is 3. The average Bonchev–Trinajstić information content (AvgIpc) is 2.40. The maximum atomic E-state index is 5.85. The van der Waals surface area contributed by atoms with Gasteiger partial charge in [-0.05, 0) is 62.2 Å². The zero-order valence-corrected chi connectivity index (χ0v) is 11.3. The summed E-state index contributed by atoms with van der Waals surface area (Å²) in [6.45, 7) is 5.99. The van der Waals surface area contributed by atoms with Crippen LogP contribution in [0.2, 0.25) is 0 Å². The Kier molecular flexibility index (Phi) is 3.40. The summed E-state index contributed by atoms with van der Waals surface area (Å²) in [6.07, 6.45) is 3.78. The van der Waals surface area contributed by atoms with Crippen molar-refractivity contribution in [1.29, 1.82) is 0 Å². The second kappa shape index (κ2) is 5.02. The highest BCUT2D eigenvalue weighted by Crippen LogP contribution is 2.38. The van der Waals surface area contributed by atoms with Gasteiger partial charge in [-0.1, -0.05) is 24.3 Å². The first-order valence-corrected chi connectivity index (χ1v) is 7.29. The van der Waals surface area contributed by atoms with E-state index in [1.807, 2.05) is 0 Å². The Hall–Kier alpha value is -0.860. The van der Waals surface area contributed by atoms with Crippen LogP contribution in [0.3, 0.4) is 0 Å². The van der Waals surface area contributed by atoms with Crippen LogP contribution in [0, 0.1) is 5.92 Å². The molecule has 3 aliphatic rings. The molecule has 18 heavy (non-hydrogen) atoms. The molecular weight excluding hydrogens is 220 g/mol. The highest BCUT2D eigenvalue weighted by molar-refractivity contribution is 5.27. The molecule has 0 spiro atoms. The van der Waals surface area contributed by atoms with Gasteiger partial charge in [0.1, 0.15) is 0 Å². The van der Waals surface area contributed by atoms with E-state index < -0.39 is 0 Å². The average molecular weight is 244 g/mol. The Morgan fingerprint density at radius 2 is 1.89 bits per heavy atom. The minimum absolute atomic E-state index is 0.257. The molecule has 2 heteroatoms. The van der Waals surface area contributed by atoms with E-state index in [9.17, 15) is 0 Å². The van der Waals surface area contributed by atoms with Crippen molar-refractivity contribution in [2.45, 2.75) is 38.1 Å². The fraction of sp³-hybridized carbons (Fsp3) is 0.625. The number of nitrogens with zero attached hydrogens (tertiary/aromatic N) is 1. The fourth-order valence-corrected chi connectivity index (χ4v) is 3.62. The van der Waals surface area contributed by atoms with E-state index in [4.69, 9.17) is 5.73 Å². The second-order valence-corrected chi connectivity index (χ2v) is 6.17. The van der Waals surface area contributed by atoms with Crippen molar-refractivity contribution in [2.75, 3.05) is 19.6 Å². The van der Waals surface area contributed by atoms with Gasteiger partial charge < -0.3 is 10.6 Å². The van der Waals surface area contributed by atoms with Crippen LogP contribution >= 0.6 is 0 Å². The minimum Gasteiger partial charge on any atom is -0.328 e. The second-order valence-electron chi connectivity index (χ2n) is 6.17. The molecule has 3 saturated heterocycles. The predicted molar refractivity (Wildman–Crippen MR) is 75.7 cm³/mol. The zero-order valence-electron chi connectivity index (χ0n) is 11.3. The van der Waals surface area contributed by atoms with E-state index in [2.05, 4.69) is 36.1 Å². The van der Waals surface area contributed by atoms with Crippen molar-refractivity contribution in [2.24, 2.45) is 11.7 Å². The van der Waals surface area contributed by atoms with Gasteiger partial charge in [-0.25, -0.2) is 0 Å². The molecule has 0 amide bonds. The Morgan fingerprint density at radius 1 is 1.22 bits per heavy atom. The van der Waals surface area contributed by atoms with Crippen molar-refractivity contribution in [1.82, 2.24) is 4.90 Å². The van der Waals surface area contributed by atoms with Gasteiger partial charge in [0.15, 0.2) is 0 Å². The normalized spacial score (nSPS) is 32.4. The summed E-state index contributed by atoms with van der Waals surface area (Å²) in [4.78, 5) is 2.63. The van der Waals surface area contributed by atoms with E-state index >= 15 is 0 Å². The predicted octanol–water partition coefficient (Wildman–Crippen LogP) is 2.39. The van der Waals surface area contributed by atoms with Gasteiger partial charge in [0, 0.05) is 12.6 Å². The summed E-state index contributed by atoms with van der Waals surface area (Å²) >= 11 is 0. The molecule has 3 aliphatic heterocycles. The number of piperidine rings is 3. The molecule has 0 saturated carbocycles. The third kappa shape index (κ3) is 2.45. The lowest BCUT2D eigenvalue weighted by atomic mass is 9.75. The molecule has 3 fully saturated rings. The van der Waals surface area contributed by atoms with Crippen molar-refractivity contribution in [3.8, 4) is 0 Å². The van der Waals surface area contributed by atoms with Gasteiger partial charge in [0.25, 0.3) is 0 Å². The molecule has 1 aromatic rings. The van der Waals surface area contributed by atoms with Gasteiger partial charge in [-0.3, -0.25) is 0 Å². The molecule has 0 aromatic heterocycles. The largest absolute Gasteiger partial charge is 0.328 e. The number of benzene rings is 1. The van der Waals surface area contributed by atoms with Crippen LogP contribution in [0.4, 0.5) is 0 Å². The monoisotopic (exact) mass is 244 g/mol. The maximum absolute atomic E-state index is 5.85. The molecule has 0 radical (unpaired) electrons. The van der Waals surface area contributed by atoms with E-state index in [-0.39, 0.29) is 6.04 Å². The molecule has 2 bridgehead atoms. The summed E-state index contributed by atoms with van der Waals surface area (Å²) in [7, 11) is 0. The molecule has 2 nitrogen and oxygen atoms in total. The van der Waals surface area contributed by atoms with Crippen LogP contribution in [0.1, 0.15) is 36.8 Å². The number of hydrogen-bond donors (Lipinski definition) is 1. The molecule has 3 heterocycles. The quantitative estimate of drug-likeness (QED) is 0.884. The first kappa shape index (κ1) is 12.2. The number of nitrogens with two attached hydrogens (primary N) is 1. The standard InChI is InChI=1S/C16H24N2/c1-12(17)10-13-2-4-14(5-3-13)16-11-18-8-6-15(16)7-9-18/h2-5,12,15-16H,6-11,17H2,1H3. The van der Waals surface area contributed by atoms with Crippen LogP contribution < -0.4 is 5.73 Å². The molecule has 1 aromatic carbocycles. The number of fused-ring (bicyclic) bond motifs is 3. The summed E-state index contributed by atoms with van der Waals surface area (Å²) in [5.41, 5.74) is 8.76. The Labute approximate surface area is 110 Å². The lowest BCUT2D eigenvalue weighted by molar-refractivity contribution is 0.0871. The lowest BCUT2D eigenvalue weighted by Gasteiger charge is -2.45. The van der Waals surface area contributed by atoms with E-state index in [0.29, 0.717) is 0 Å². The van der Waals surface area contributed by atoms with E-state index in [1.165, 1.54) is 43.6 Å². The van der Waals surface area contributed by atoms with Crippen LogP contribution in [0.5, 0.6) is 0 Å². The van der Waals surface area contributed by atoms with Crippen LogP contribution in [-0.4, -0.2) is 30.6 Å². The molecule has 98 valence electrons. The fourth-order valence-electron chi connectivity index (χ4n) is 3.62.